The molecule has 0 aliphatic rings. The van der Waals surface area contributed by atoms with E-state index in [1.807, 2.05) is 6.92 Å². The summed E-state index contributed by atoms with van der Waals surface area (Å²) in [5, 5.41) is 8.65. The number of rotatable bonds is 5. The molecule has 0 aromatic carbocycles. The normalized spacial score (nSPS) is 15.9. The van der Waals surface area contributed by atoms with Crippen LogP contribution in [0.25, 0.3) is 0 Å². The van der Waals surface area contributed by atoms with Gasteiger partial charge >= 0.3 is 5.97 Å². The maximum Gasteiger partial charge on any atom is 0.306 e. The van der Waals surface area contributed by atoms with Crippen LogP contribution in [0.5, 0.6) is 0 Å². The summed E-state index contributed by atoms with van der Waals surface area (Å²) in [5.41, 5.74) is 0. The molecule has 2 unspecified atom stereocenters. The van der Waals surface area contributed by atoms with Crippen molar-refractivity contribution in [1.82, 2.24) is 0 Å². The van der Waals surface area contributed by atoms with Gasteiger partial charge in [0.05, 0.1) is 5.92 Å². The minimum absolute atomic E-state index is 0.193. The van der Waals surface area contributed by atoms with E-state index in [0.717, 1.165) is 19.3 Å². The third kappa shape index (κ3) is 4.02. The lowest BCUT2D eigenvalue weighted by Crippen LogP contribution is -2.17. The summed E-state index contributed by atoms with van der Waals surface area (Å²) in [6, 6.07) is 0. The highest BCUT2D eigenvalue weighted by Crippen LogP contribution is 2.17. The summed E-state index contributed by atoms with van der Waals surface area (Å²) in [7, 11) is 0. The van der Waals surface area contributed by atoms with Gasteiger partial charge in [-0.25, -0.2) is 0 Å². The van der Waals surface area contributed by atoms with E-state index in [-0.39, 0.29) is 5.92 Å². The monoisotopic (exact) mass is 158 g/mol. The van der Waals surface area contributed by atoms with E-state index in [4.69, 9.17) is 5.11 Å². The quantitative estimate of drug-likeness (QED) is 0.667. The molecule has 2 atom stereocenters. The lowest BCUT2D eigenvalue weighted by molar-refractivity contribution is -0.142. The van der Waals surface area contributed by atoms with E-state index in [0.29, 0.717) is 5.92 Å². The Hall–Kier alpha value is -0.530. The van der Waals surface area contributed by atoms with Gasteiger partial charge in [0.25, 0.3) is 0 Å². The van der Waals surface area contributed by atoms with Crippen LogP contribution in [0.2, 0.25) is 0 Å². The molecular formula is C9H18O2. The van der Waals surface area contributed by atoms with Crippen molar-refractivity contribution in [3.8, 4) is 0 Å². The van der Waals surface area contributed by atoms with Crippen molar-refractivity contribution in [1.29, 1.82) is 0 Å². The second-order valence-electron chi connectivity index (χ2n) is 3.25. The molecule has 0 fully saturated rings. The van der Waals surface area contributed by atoms with Crippen molar-refractivity contribution < 1.29 is 9.90 Å². The van der Waals surface area contributed by atoms with Crippen molar-refractivity contribution in [3.63, 3.8) is 0 Å². The van der Waals surface area contributed by atoms with Gasteiger partial charge in [-0.3, -0.25) is 4.79 Å². The predicted molar refractivity (Wildman–Crippen MR) is 45.5 cm³/mol. The van der Waals surface area contributed by atoms with E-state index in [9.17, 15) is 4.79 Å². The fourth-order valence-electron chi connectivity index (χ4n) is 1.02. The van der Waals surface area contributed by atoms with E-state index < -0.39 is 5.97 Å². The molecule has 1 N–H and O–H groups in total. The Balaban J connectivity index is 3.63. The van der Waals surface area contributed by atoms with Crippen molar-refractivity contribution in [2.75, 3.05) is 0 Å². The molecule has 0 aromatic rings. The Morgan fingerprint density at radius 3 is 2.36 bits per heavy atom. The highest BCUT2D eigenvalue weighted by Gasteiger charge is 2.17. The molecule has 2 heteroatoms. The molecule has 66 valence electrons. The number of hydrogen-bond acceptors (Lipinski definition) is 1. The lowest BCUT2D eigenvalue weighted by Gasteiger charge is -2.14. The van der Waals surface area contributed by atoms with Gasteiger partial charge in [-0.05, 0) is 12.3 Å². The summed E-state index contributed by atoms with van der Waals surface area (Å²) in [5.74, 6) is -0.553. The Kier molecular flexibility index (Phi) is 4.92. The molecule has 0 saturated heterocycles. The van der Waals surface area contributed by atoms with Crippen molar-refractivity contribution in [2.24, 2.45) is 11.8 Å². The third-order valence-corrected chi connectivity index (χ3v) is 2.26. The summed E-state index contributed by atoms with van der Waals surface area (Å²) in [6.45, 7) is 5.91. The number of carbonyl (C=O) groups is 1. The average molecular weight is 158 g/mol. The minimum atomic E-state index is -0.673. The second-order valence-corrected chi connectivity index (χ2v) is 3.25. The van der Waals surface area contributed by atoms with Gasteiger partial charge in [-0.1, -0.05) is 33.6 Å². The molecule has 0 rings (SSSR count). The molecule has 2 nitrogen and oxygen atoms in total. The van der Waals surface area contributed by atoms with Gasteiger partial charge in [0, 0.05) is 0 Å². The molecule has 0 saturated carbocycles. The number of hydrogen-bond donors (Lipinski definition) is 1. The van der Waals surface area contributed by atoms with Crippen LogP contribution in [0.4, 0.5) is 0 Å². The van der Waals surface area contributed by atoms with Crippen molar-refractivity contribution >= 4 is 5.97 Å². The van der Waals surface area contributed by atoms with Crippen LogP contribution in [0.3, 0.4) is 0 Å². The third-order valence-electron chi connectivity index (χ3n) is 2.26. The van der Waals surface area contributed by atoms with Gasteiger partial charge in [0.2, 0.25) is 0 Å². The molecule has 0 radical (unpaired) electrons. The van der Waals surface area contributed by atoms with Crippen molar-refractivity contribution in [2.45, 2.75) is 40.0 Å². The van der Waals surface area contributed by atoms with Crippen LogP contribution in [0.1, 0.15) is 40.0 Å². The van der Waals surface area contributed by atoms with Crippen LogP contribution in [-0.2, 0) is 4.79 Å². The molecule has 0 aliphatic carbocycles. The zero-order valence-electron chi connectivity index (χ0n) is 7.63. The first kappa shape index (κ1) is 10.5. The van der Waals surface area contributed by atoms with Crippen LogP contribution in [0.15, 0.2) is 0 Å². The number of carboxylic acids is 1. The molecule has 0 amide bonds. The summed E-state index contributed by atoms with van der Waals surface area (Å²) in [6.07, 6.45) is 3.32. The fraction of sp³-hybridized carbons (Fsp3) is 0.889. The molecule has 0 aromatic heterocycles. The Morgan fingerprint density at radius 2 is 2.00 bits per heavy atom. The lowest BCUT2D eigenvalue weighted by atomic mass is 9.91. The zero-order valence-corrected chi connectivity index (χ0v) is 7.63. The predicted octanol–water partition coefficient (Wildman–Crippen LogP) is 2.53. The Morgan fingerprint density at radius 1 is 1.45 bits per heavy atom. The second kappa shape index (κ2) is 5.16. The van der Waals surface area contributed by atoms with E-state index in [1.54, 1.807) is 6.92 Å². The highest BCUT2D eigenvalue weighted by molar-refractivity contribution is 5.69. The maximum absolute atomic E-state index is 10.5. The first-order valence-electron chi connectivity index (χ1n) is 4.32. The maximum atomic E-state index is 10.5. The van der Waals surface area contributed by atoms with E-state index in [2.05, 4.69) is 6.92 Å². The Bertz CT molecular complexity index is 121. The zero-order chi connectivity index (χ0) is 8.85. The first-order valence-corrected chi connectivity index (χ1v) is 4.32. The van der Waals surface area contributed by atoms with Crippen LogP contribution < -0.4 is 0 Å². The molecule has 0 aliphatic heterocycles. The largest absolute Gasteiger partial charge is 0.481 e. The standard InChI is InChI=1S/C9H18O2/c1-4-5-6-7(2)8(3)9(10)11/h7-8H,4-6H2,1-3H3,(H,10,11). The van der Waals surface area contributed by atoms with Crippen LogP contribution in [-0.4, -0.2) is 11.1 Å². The summed E-state index contributed by atoms with van der Waals surface area (Å²) in [4.78, 5) is 10.5. The Labute approximate surface area is 68.6 Å². The van der Waals surface area contributed by atoms with Gasteiger partial charge in [-0.2, -0.15) is 0 Å². The molecule has 11 heavy (non-hydrogen) atoms. The van der Waals surface area contributed by atoms with E-state index in [1.165, 1.54) is 0 Å². The van der Waals surface area contributed by atoms with Gasteiger partial charge in [0.1, 0.15) is 0 Å². The fourth-order valence-corrected chi connectivity index (χ4v) is 1.02. The van der Waals surface area contributed by atoms with Crippen molar-refractivity contribution in [3.05, 3.63) is 0 Å². The van der Waals surface area contributed by atoms with Crippen LogP contribution >= 0.6 is 0 Å². The molecule has 0 heterocycles. The number of aliphatic carboxylic acids is 1. The molecule has 0 bridgehead atoms. The average Bonchev–Trinajstić information content (AvgIpc) is 1.98. The van der Waals surface area contributed by atoms with Gasteiger partial charge < -0.3 is 5.11 Å². The van der Waals surface area contributed by atoms with Crippen LogP contribution in [0, 0.1) is 11.8 Å². The summed E-state index contributed by atoms with van der Waals surface area (Å²) < 4.78 is 0. The van der Waals surface area contributed by atoms with E-state index >= 15 is 0 Å². The number of carboxylic acid groups (broad SMARTS) is 1. The smallest absolute Gasteiger partial charge is 0.306 e. The topological polar surface area (TPSA) is 37.3 Å². The highest BCUT2D eigenvalue weighted by atomic mass is 16.4. The summed E-state index contributed by atoms with van der Waals surface area (Å²) >= 11 is 0. The number of unbranched alkanes of at least 4 members (excludes halogenated alkanes) is 1. The molecule has 0 spiro atoms. The first-order chi connectivity index (χ1) is 5.09. The SMILES string of the molecule is CCCCC(C)C(C)C(=O)O. The van der Waals surface area contributed by atoms with Gasteiger partial charge in [-0.15, -0.1) is 0 Å². The van der Waals surface area contributed by atoms with Gasteiger partial charge in [0.15, 0.2) is 0 Å². The molecular weight excluding hydrogens is 140 g/mol. The minimum Gasteiger partial charge on any atom is -0.481 e.